The standard InChI is InChI=1S/C17H22BrN3O3/c18-13-3-1-12(2-4-13)14-10-15(20-19-14)17(24)21-7-5-11(6-8-21)9-16(22)23/h1-4,11,14-15,19-20H,5-10H2,(H,22,23). The van der Waals surface area contributed by atoms with Gasteiger partial charge in [0.2, 0.25) is 5.91 Å². The van der Waals surface area contributed by atoms with E-state index in [4.69, 9.17) is 5.11 Å². The molecule has 24 heavy (non-hydrogen) atoms. The third-order valence-electron chi connectivity index (χ3n) is 4.86. The molecule has 3 rings (SSSR count). The largest absolute Gasteiger partial charge is 0.481 e. The van der Waals surface area contributed by atoms with Crippen molar-refractivity contribution < 1.29 is 14.7 Å². The number of hydrogen-bond donors (Lipinski definition) is 3. The summed E-state index contributed by atoms with van der Waals surface area (Å²) in [4.78, 5) is 25.3. The number of piperidine rings is 1. The van der Waals surface area contributed by atoms with Crippen LogP contribution in [-0.2, 0) is 9.59 Å². The van der Waals surface area contributed by atoms with Crippen LogP contribution < -0.4 is 10.9 Å². The lowest BCUT2D eigenvalue weighted by Gasteiger charge is -2.32. The van der Waals surface area contributed by atoms with Gasteiger partial charge in [-0.05, 0) is 42.9 Å². The quantitative estimate of drug-likeness (QED) is 0.726. The van der Waals surface area contributed by atoms with Crippen LogP contribution in [0.4, 0.5) is 0 Å². The molecular formula is C17H22BrN3O3. The fourth-order valence-corrected chi connectivity index (χ4v) is 3.72. The van der Waals surface area contributed by atoms with E-state index in [0.29, 0.717) is 13.1 Å². The number of carbonyl (C=O) groups excluding carboxylic acids is 1. The Balaban J connectivity index is 1.52. The number of carboxylic acid groups (broad SMARTS) is 1. The number of amides is 1. The van der Waals surface area contributed by atoms with E-state index in [2.05, 4.69) is 26.8 Å². The summed E-state index contributed by atoms with van der Waals surface area (Å²) >= 11 is 3.43. The number of benzene rings is 1. The van der Waals surface area contributed by atoms with Crippen molar-refractivity contribution in [1.82, 2.24) is 15.8 Å². The van der Waals surface area contributed by atoms with Crippen molar-refractivity contribution in [2.75, 3.05) is 13.1 Å². The Morgan fingerprint density at radius 2 is 1.83 bits per heavy atom. The van der Waals surface area contributed by atoms with Gasteiger partial charge in [-0.3, -0.25) is 9.59 Å². The molecule has 7 heteroatoms. The van der Waals surface area contributed by atoms with Gasteiger partial charge in [0.25, 0.3) is 0 Å². The Labute approximate surface area is 149 Å². The maximum atomic E-state index is 12.7. The smallest absolute Gasteiger partial charge is 0.303 e. The van der Waals surface area contributed by atoms with Crippen LogP contribution in [0.5, 0.6) is 0 Å². The van der Waals surface area contributed by atoms with Gasteiger partial charge in [0, 0.05) is 30.0 Å². The third kappa shape index (κ3) is 4.15. The van der Waals surface area contributed by atoms with E-state index >= 15 is 0 Å². The zero-order valence-electron chi connectivity index (χ0n) is 13.4. The number of nitrogens with zero attached hydrogens (tertiary/aromatic N) is 1. The van der Waals surface area contributed by atoms with E-state index in [-0.39, 0.29) is 30.3 Å². The molecule has 2 atom stereocenters. The normalized spacial score (nSPS) is 25.0. The van der Waals surface area contributed by atoms with Crippen LogP contribution in [0.1, 0.15) is 37.3 Å². The fraction of sp³-hybridized carbons (Fsp3) is 0.529. The second-order valence-electron chi connectivity index (χ2n) is 6.55. The summed E-state index contributed by atoms with van der Waals surface area (Å²) in [5, 5.41) is 8.87. The van der Waals surface area contributed by atoms with Crippen molar-refractivity contribution in [3.63, 3.8) is 0 Å². The third-order valence-corrected chi connectivity index (χ3v) is 5.39. The minimum absolute atomic E-state index is 0.107. The first-order chi connectivity index (χ1) is 11.5. The van der Waals surface area contributed by atoms with Crippen LogP contribution in [0.25, 0.3) is 0 Å². The molecule has 1 amide bonds. The molecule has 0 radical (unpaired) electrons. The van der Waals surface area contributed by atoms with Gasteiger partial charge < -0.3 is 10.0 Å². The molecule has 0 saturated carbocycles. The number of hydrogen-bond acceptors (Lipinski definition) is 4. The first kappa shape index (κ1) is 17.4. The van der Waals surface area contributed by atoms with Crippen LogP contribution in [-0.4, -0.2) is 41.0 Å². The number of halogens is 1. The van der Waals surface area contributed by atoms with Crippen LogP contribution >= 0.6 is 15.9 Å². The van der Waals surface area contributed by atoms with Crippen LogP contribution in [0.3, 0.4) is 0 Å². The van der Waals surface area contributed by atoms with E-state index in [1.807, 2.05) is 29.2 Å². The highest BCUT2D eigenvalue weighted by Gasteiger charge is 2.34. The number of carbonyl (C=O) groups is 2. The zero-order valence-corrected chi connectivity index (χ0v) is 15.0. The minimum atomic E-state index is -0.751. The lowest BCUT2D eigenvalue weighted by Crippen LogP contribution is -2.48. The molecular weight excluding hydrogens is 374 g/mol. The Bertz CT molecular complexity index is 600. The molecule has 130 valence electrons. The van der Waals surface area contributed by atoms with E-state index in [9.17, 15) is 9.59 Å². The van der Waals surface area contributed by atoms with Crippen molar-refractivity contribution in [1.29, 1.82) is 0 Å². The monoisotopic (exact) mass is 395 g/mol. The number of likely N-dealkylation sites (tertiary alicyclic amines) is 1. The molecule has 6 nitrogen and oxygen atoms in total. The highest BCUT2D eigenvalue weighted by atomic mass is 79.9. The Morgan fingerprint density at radius 1 is 1.17 bits per heavy atom. The lowest BCUT2D eigenvalue weighted by atomic mass is 9.93. The number of carboxylic acids is 1. The summed E-state index contributed by atoms with van der Waals surface area (Å²) in [6.07, 6.45) is 2.47. The molecule has 0 aliphatic carbocycles. The molecule has 2 fully saturated rings. The highest BCUT2D eigenvalue weighted by Crippen LogP contribution is 2.26. The fourth-order valence-electron chi connectivity index (χ4n) is 3.46. The topological polar surface area (TPSA) is 81.7 Å². The molecule has 2 heterocycles. The maximum absolute atomic E-state index is 12.7. The summed E-state index contributed by atoms with van der Waals surface area (Å²) in [6.45, 7) is 1.30. The van der Waals surface area contributed by atoms with Gasteiger partial charge in [0.15, 0.2) is 0 Å². The van der Waals surface area contributed by atoms with Crippen molar-refractivity contribution in [3.8, 4) is 0 Å². The van der Waals surface area contributed by atoms with Gasteiger partial charge in [-0.1, -0.05) is 28.1 Å². The molecule has 2 aliphatic heterocycles. The summed E-state index contributed by atoms with van der Waals surface area (Å²) in [6, 6.07) is 7.99. The molecule has 3 N–H and O–H groups in total. The van der Waals surface area contributed by atoms with Gasteiger partial charge >= 0.3 is 5.97 Å². The van der Waals surface area contributed by atoms with Gasteiger partial charge in [0.05, 0.1) is 0 Å². The molecule has 0 aromatic heterocycles. The Hall–Kier alpha value is -1.44. The van der Waals surface area contributed by atoms with Gasteiger partial charge in [0.1, 0.15) is 6.04 Å². The molecule has 1 aromatic carbocycles. The number of aliphatic carboxylic acids is 1. The number of nitrogens with one attached hydrogen (secondary N) is 2. The molecule has 0 spiro atoms. The molecule has 2 saturated heterocycles. The van der Waals surface area contributed by atoms with Crippen LogP contribution in [0, 0.1) is 5.92 Å². The predicted molar refractivity (Wildman–Crippen MR) is 93.1 cm³/mol. The van der Waals surface area contributed by atoms with Crippen LogP contribution in [0.2, 0.25) is 0 Å². The van der Waals surface area contributed by atoms with Crippen molar-refractivity contribution >= 4 is 27.8 Å². The summed E-state index contributed by atoms with van der Waals surface area (Å²) in [7, 11) is 0. The first-order valence-corrected chi connectivity index (χ1v) is 9.09. The SMILES string of the molecule is O=C(O)CC1CCN(C(=O)C2CC(c3ccc(Br)cc3)NN2)CC1. The zero-order chi connectivity index (χ0) is 17.1. The average Bonchev–Trinajstić information content (AvgIpc) is 3.05. The molecule has 0 bridgehead atoms. The second kappa shape index (κ2) is 7.63. The van der Waals surface area contributed by atoms with Crippen molar-refractivity contribution in [2.45, 2.75) is 37.8 Å². The van der Waals surface area contributed by atoms with Gasteiger partial charge in [-0.15, -0.1) is 0 Å². The number of hydrazine groups is 1. The Morgan fingerprint density at radius 3 is 2.46 bits per heavy atom. The minimum Gasteiger partial charge on any atom is -0.481 e. The van der Waals surface area contributed by atoms with Gasteiger partial charge in [-0.2, -0.15) is 0 Å². The predicted octanol–water partition coefficient (Wildman–Crippen LogP) is 2.07. The van der Waals surface area contributed by atoms with Crippen molar-refractivity contribution in [3.05, 3.63) is 34.3 Å². The Kier molecular flexibility index (Phi) is 5.53. The lowest BCUT2D eigenvalue weighted by molar-refractivity contribution is -0.139. The molecule has 1 aromatic rings. The maximum Gasteiger partial charge on any atom is 0.303 e. The van der Waals surface area contributed by atoms with Gasteiger partial charge in [-0.25, -0.2) is 10.9 Å². The first-order valence-electron chi connectivity index (χ1n) is 8.30. The molecule has 2 unspecified atom stereocenters. The van der Waals surface area contributed by atoms with E-state index < -0.39 is 5.97 Å². The highest BCUT2D eigenvalue weighted by molar-refractivity contribution is 9.10. The van der Waals surface area contributed by atoms with E-state index in [1.54, 1.807) is 0 Å². The number of rotatable bonds is 4. The average molecular weight is 396 g/mol. The van der Waals surface area contributed by atoms with E-state index in [0.717, 1.165) is 29.3 Å². The summed E-state index contributed by atoms with van der Waals surface area (Å²) < 4.78 is 1.04. The summed E-state index contributed by atoms with van der Waals surface area (Å²) in [5.41, 5.74) is 7.47. The van der Waals surface area contributed by atoms with Crippen LogP contribution in [0.15, 0.2) is 28.7 Å². The second-order valence-corrected chi connectivity index (χ2v) is 7.46. The summed E-state index contributed by atoms with van der Waals surface area (Å²) in [5.74, 6) is -0.452. The molecule has 2 aliphatic rings. The van der Waals surface area contributed by atoms with E-state index in [1.165, 1.54) is 0 Å². The van der Waals surface area contributed by atoms with Crippen molar-refractivity contribution in [2.24, 2.45) is 5.92 Å².